The van der Waals surface area contributed by atoms with Gasteiger partial charge in [0.05, 0.1) is 24.0 Å². The predicted molar refractivity (Wildman–Crippen MR) is 67.1 cm³/mol. The van der Waals surface area contributed by atoms with Gasteiger partial charge in [-0.05, 0) is 25.5 Å². The molecular weight excluding hydrogens is 246 g/mol. The molecule has 5 heteroatoms. The molecule has 0 aromatic rings. The summed E-state index contributed by atoms with van der Waals surface area (Å²) in [5, 5.41) is 0. The van der Waals surface area contributed by atoms with Crippen LogP contribution < -0.4 is 0 Å². The van der Waals surface area contributed by atoms with E-state index in [0.29, 0.717) is 25.6 Å². The largest absolute Gasteiger partial charge is 0.377 e. The maximum Gasteiger partial charge on any atom is 0.238 e. The molecule has 0 aliphatic carbocycles. The van der Waals surface area contributed by atoms with Crippen molar-refractivity contribution in [1.29, 1.82) is 0 Å². The van der Waals surface area contributed by atoms with Crippen LogP contribution in [0.3, 0.4) is 0 Å². The molecule has 92 valence electrons. The summed E-state index contributed by atoms with van der Waals surface area (Å²) in [5.74, 6) is 1.81. The number of morpholine rings is 1. The Morgan fingerprint density at radius 2 is 2.50 bits per heavy atom. The van der Waals surface area contributed by atoms with Crippen molar-refractivity contribution in [1.82, 2.24) is 4.90 Å². The lowest BCUT2D eigenvalue weighted by atomic mass is 10.0. The summed E-state index contributed by atoms with van der Waals surface area (Å²) >= 11 is 7.67. The minimum atomic E-state index is -0.221. The van der Waals surface area contributed by atoms with Crippen molar-refractivity contribution in [2.45, 2.75) is 30.6 Å². The Bertz CT molecular complexity index is 269. The van der Waals surface area contributed by atoms with Crippen molar-refractivity contribution in [3.63, 3.8) is 0 Å². The lowest BCUT2D eigenvalue weighted by Crippen LogP contribution is -2.55. The first-order valence-corrected chi connectivity index (χ1v) is 7.28. The number of hydrogen-bond acceptors (Lipinski definition) is 3. The third-order valence-electron chi connectivity index (χ3n) is 3.34. The summed E-state index contributed by atoms with van der Waals surface area (Å²) in [6, 6.07) is 0.0564. The molecule has 2 saturated heterocycles. The highest BCUT2D eigenvalue weighted by Gasteiger charge is 2.42. The zero-order valence-corrected chi connectivity index (χ0v) is 11.1. The minimum absolute atomic E-state index is 0.0564. The predicted octanol–water partition coefficient (Wildman–Crippen LogP) is 1.74. The van der Waals surface area contributed by atoms with Crippen LogP contribution in [0.2, 0.25) is 0 Å². The lowest BCUT2D eigenvalue weighted by Gasteiger charge is -2.38. The van der Waals surface area contributed by atoms with Crippen LogP contribution in [0.25, 0.3) is 0 Å². The van der Waals surface area contributed by atoms with Crippen molar-refractivity contribution in [3.8, 4) is 0 Å². The molecule has 16 heavy (non-hydrogen) atoms. The van der Waals surface area contributed by atoms with Gasteiger partial charge in [-0.3, -0.25) is 4.79 Å². The van der Waals surface area contributed by atoms with E-state index in [9.17, 15) is 4.79 Å². The van der Waals surface area contributed by atoms with Crippen LogP contribution in [-0.2, 0) is 9.53 Å². The molecule has 2 unspecified atom stereocenters. The second kappa shape index (κ2) is 5.15. The second-order valence-corrected chi connectivity index (χ2v) is 6.47. The molecule has 0 N–H and O–H groups in total. The number of carbonyl (C=O) groups excluding carboxylic acids is 1. The van der Waals surface area contributed by atoms with E-state index in [1.54, 1.807) is 11.8 Å². The molecule has 3 nitrogen and oxygen atoms in total. The molecule has 0 aromatic heterocycles. The summed E-state index contributed by atoms with van der Waals surface area (Å²) in [6.07, 6.45) is 2.13. The Kier molecular flexibility index (Phi) is 4.03. The third kappa shape index (κ3) is 2.34. The van der Waals surface area contributed by atoms with E-state index >= 15 is 0 Å². The summed E-state index contributed by atoms with van der Waals surface area (Å²) in [4.78, 5) is 14.4. The molecule has 0 aromatic carbocycles. The summed E-state index contributed by atoms with van der Waals surface area (Å²) < 4.78 is 5.14. The molecule has 0 radical (unpaired) electrons. The van der Waals surface area contributed by atoms with Crippen LogP contribution in [0.4, 0.5) is 0 Å². The zero-order chi connectivity index (χ0) is 11.6. The van der Waals surface area contributed by atoms with Gasteiger partial charge in [0.25, 0.3) is 0 Å². The number of ether oxygens (including phenoxy) is 1. The SMILES string of the molecule is CC1(C(=O)N2CCOCC2CCl)CCCS1. The van der Waals surface area contributed by atoms with Gasteiger partial charge in [0.15, 0.2) is 0 Å². The second-order valence-electron chi connectivity index (χ2n) is 4.56. The molecule has 0 spiro atoms. The van der Waals surface area contributed by atoms with Crippen LogP contribution >= 0.6 is 23.4 Å². The molecule has 0 saturated carbocycles. The van der Waals surface area contributed by atoms with E-state index in [2.05, 4.69) is 6.92 Å². The Morgan fingerprint density at radius 1 is 1.69 bits per heavy atom. The highest BCUT2D eigenvalue weighted by molar-refractivity contribution is 8.01. The fourth-order valence-electron chi connectivity index (χ4n) is 2.30. The molecule has 0 bridgehead atoms. The highest BCUT2D eigenvalue weighted by atomic mass is 35.5. The molecule has 2 rings (SSSR count). The molecular formula is C11H18ClNO2S. The van der Waals surface area contributed by atoms with Crippen molar-refractivity contribution >= 4 is 29.3 Å². The minimum Gasteiger partial charge on any atom is -0.377 e. The first kappa shape index (κ1) is 12.5. The Morgan fingerprint density at radius 3 is 3.12 bits per heavy atom. The number of rotatable bonds is 2. The number of hydrogen-bond donors (Lipinski definition) is 0. The average Bonchev–Trinajstić information content (AvgIpc) is 2.76. The Hall–Kier alpha value is 0.0700. The molecule has 2 aliphatic heterocycles. The third-order valence-corrected chi connectivity index (χ3v) is 5.20. The number of nitrogens with zero attached hydrogens (tertiary/aromatic N) is 1. The number of thioether (sulfide) groups is 1. The molecule has 2 heterocycles. The van der Waals surface area contributed by atoms with E-state index in [1.165, 1.54) is 0 Å². The molecule has 2 fully saturated rings. The summed E-state index contributed by atoms with van der Waals surface area (Å²) in [7, 11) is 0. The van der Waals surface area contributed by atoms with Crippen LogP contribution in [0.5, 0.6) is 0 Å². The molecule has 2 aliphatic rings. The number of halogens is 1. The van der Waals surface area contributed by atoms with E-state index in [0.717, 1.165) is 18.6 Å². The van der Waals surface area contributed by atoms with Crippen molar-refractivity contribution in [3.05, 3.63) is 0 Å². The van der Waals surface area contributed by atoms with Crippen LogP contribution in [0, 0.1) is 0 Å². The maximum atomic E-state index is 12.5. The Labute approximate surface area is 106 Å². The first-order valence-electron chi connectivity index (χ1n) is 5.76. The van der Waals surface area contributed by atoms with E-state index in [1.807, 2.05) is 4.90 Å². The monoisotopic (exact) mass is 263 g/mol. The lowest BCUT2D eigenvalue weighted by molar-refractivity contribution is -0.141. The highest BCUT2D eigenvalue weighted by Crippen LogP contribution is 2.39. The standard InChI is InChI=1S/C11H18ClNO2S/c1-11(3-2-6-16-11)10(14)13-4-5-15-8-9(13)7-12/h9H,2-8H2,1H3. The van der Waals surface area contributed by atoms with Gasteiger partial charge >= 0.3 is 0 Å². The van der Waals surface area contributed by atoms with Gasteiger partial charge in [-0.15, -0.1) is 23.4 Å². The van der Waals surface area contributed by atoms with Crippen LogP contribution in [-0.4, -0.2) is 53.0 Å². The van der Waals surface area contributed by atoms with E-state index in [-0.39, 0.29) is 16.7 Å². The van der Waals surface area contributed by atoms with Crippen LogP contribution in [0.15, 0.2) is 0 Å². The van der Waals surface area contributed by atoms with Gasteiger partial charge in [0.1, 0.15) is 0 Å². The van der Waals surface area contributed by atoms with Crippen LogP contribution in [0.1, 0.15) is 19.8 Å². The van der Waals surface area contributed by atoms with E-state index in [4.69, 9.17) is 16.3 Å². The van der Waals surface area contributed by atoms with Gasteiger partial charge in [-0.1, -0.05) is 0 Å². The average molecular weight is 264 g/mol. The summed E-state index contributed by atoms with van der Waals surface area (Å²) in [5.41, 5.74) is 0. The van der Waals surface area contributed by atoms with E-state index < -0.39 is 0 Å². The molecule has 1 amide bonds. The number of alkyl halides is 1. The maximum absolute atomic E-state index is 12.5. The normalized spacial score (nSPS) is 35.4. The quantitative estimate of drug-likeness (QED) is 0.711. The topological polar surface area (TPSA) is 29.5 Å². The van der Waals surface area contributed by atoms with Crippen molar-refractivity contribution in [2.75, 3.05) is 31.4 Å². The van der Waals surface area contributed by atoms with Gasteiger partial charge in [-0.2, -0.15) is 0 Å². The zero-order valence-electron chi connectivity index (χ0n) is 9.58. The van der Waals surface area contributed by atoms with Gasteiger partial charge in [-0.25, -0.2) is 0 Å². The fourth-order valence-corrected chi connectivity index (χ4v) is 3.83. The number of amides is 1. The van der Waals surface area contributed by atoms with Crippen molar-refractivity contribution in [2.24, 2.45) is 0 Å². The van der Waals surface area contributed by atoms with Gasteiger partial charge in [0.2, 0.25) is 5.91 Å². The molecule has 2 atom stereocenters. The van der Waals surface area contributed by atoms with Gasteiger partial charge in [0, 0.05) is 12.4 Å². The number of carbonyl (C=O) groups is 1. The fraction of sp³-hybridized carbons (Fsp3) is 0.909. The summed E-state index contributed by atoms with van der Waals surface area (Å²) in [6.45, 7) is 3.97. The smallest absolute Gasteiger partial charge is 0.238 e. The van der Waals surface area contributed by atoms with Gasteiger partial charge < -0.3 is 9.64 Å². The first-order chi connectivity index (χ1) is 7.67. The van der Waals surface area contributed by atoms with Crippen molar-refractivity contribution < 1.29 is 9.53 Å². The Balaban J connectivity index is 2.07.